The van der Waals surface area contributed by atoms with Crippen LogP contribution in [0.4, 0.5) is 0 Å². The number of hydrogen-bond acceptors (Lipinski definition) is 7. The van der Waals surface area contributed by atoms with Crippen LogP contribution in [-0.2, 0) is 16.0 Å². The van der Waals surface area contributed by atoms with E-state index in [0.29, 0.717) is 49.7 Å². The summed E-state index contributed by atoms with van der Waals surface area (Å²) in [5.41, 5.74) is 1.92. The van der Waals surface area contributed by atoms with Crippen molar-refractivity contribution in [3.63, 3.8) is 0 Å². The highest BCUT2D eigenvalue weighted by atomic mass is 127. The van der Waals surface area contributed by atoms with E-state index < -0.39 is 5.41 Å². The van der Waals surface area contributed by atoms with Gasteiger partial charge in [0, 0.05) is 11.0 Å². The number of alkyl halides is 3. The number of benzene rings is 2. The van der Waals surface area contributed by atoms with Crippen LogP contribution in [0.5, 0.6) is 28.7 Å². The molecule has 0 spiro atoms. The SMILES string of the molecule is C[C@]1(Cc2ccc3c(c2)OCO3)COC(=O)/C1=C\c1cc(OCI)c(OCI)c(OCI)c1. The summed E-state index contributed by atoms with van der Waals surface area (Å²) in [5, 5.41) is 0. The highest BCUT2D eigenvalue weighted by Gasteiger charge is 2.42. The van der Waals surface area contributed by atoms with E-state index in [4.69, 9.17) is 28.4 Å². The molecule has 33 heavy (non-hydrogen) atoms. The lowest BCUT2D eigenvalue weighted by atomic mass is 9.78. The first-order valence-corrected chi connectivity index (χ1v) is 14.6. The molecule has 2 heterocycles. The van der Waals surface area contributed by atoms with Crippen LogP contribution in [0.25, 0.3) is 6.08 Å². The standard InChI is InChI=1S/C23H21I3O7/c1-23(8-14-2-3-17-18(5-14)33-13-32-17)9-28-22(27)16(23)4-15-6-19(29-10-24)21(31-12-26)20(7-15)30-11-25/h2-7H,8-13H2,1H3/b16-4+/t23-/m0/s1. The van der Waals surface area contributed by atoms with Crippen molar-refractivity contribution >= 4 is 79.8 Å². The second kappa shape index (κ2) is 11.1. The molecular weight excluding hydrogens is 769 g/mol. The number of cyclic esters (lactones) is 1. The first kappa shape index (κ1) is 24.9. The molecule has 1 saturated heterocycles. The Labute approximate surface area is 232 Å². The molecule has 0 N–H and O–H groups in total. The minimum atomic E-state index is -0.503. The zero-order valence-electron chi connectivity index (χ0n) is 17.7. The molecule has 2 aliphatic rings. The molecule has 0 aliphatic carbocycles. The Kier molecular flexibility index (Phi) is 8.36. The normalized spacial score (nSPS) is 20.1. The van der Waals surface area contributed by atoms with Crippen molar-refractivity contribution in [2.75, 3.05) is 27.2 Å². The Morgan fingerprint density at radius 1 is 0.939 bits per heavy atom. The first-order valence-electron chi connectivity index (χ1n) is 9.99. The van der Waals surface area contributed by atoms with Crippen LogP contribution in [0.2, 0.25) is 0 Å². The molecule has 0 unspecified atom stereocenters. The zero-order chi connectivity index (χ0) is 23.4. The summed E-state index contributed by atoms with van der Waals surface area (Å²) in [4.78, 5) is 12.7. The molecular formula is C23H21I3O7. The van der Waals surface area contributed by atoms with Gasteiger partial charge < -0.3 is 28.4 Å². The summed E-state index contributed by atoms with van der Waals surface area (Å²) < 4.78 is 35.1. The monoisotopic (exact) mass is 790 g/mol. The molecule has 10 heteroatoms. The number of carbonyl (C=O) groups is 1. The molecule has 1 fully saturated rings. The van der Waals surface area contributed by atoms with Crippen LogP contribution in [-0.4, -0.2) is 33.2 Å². The maximum Gasteiger partial charge on any atom is 0.334 e. The summed E-state index contributed by atoms with van der Waals surface area (Å²) in [5.74, 6) is 2.82. The zero-order valence-corrected chi connectivity index (χ0v) is 24.2. The van der Waals surface area contributed by atoms with Crippen LogP contribution < -0.4 is 23.7 Å². The van der Waals surface area contributed by atoms with Crippen molar-refractivity contribution in [1.82, 2.24) is 0 Å². The highest BCUT2D eigenvalue weighted by molar-refractivity contribution is 14.1. The molecule has 2 aliphatic heterocycles. The molecule has 7 nitrogen and oxygen atoms in total. The summed E-state index contributed by atoms with van der Waals surface area (Å²) in [7, 11) is 0. The molecule has 2 aromatic rings. The largest absolute Gasteiger partial charge is 0.479 e. The van der Waals surface area contributed by atoms with Crippen LogP contribution in [0.1, 0.15) is 18.1 Å². The number of carbonyl (C=O) groups excluding carboxylic acids is 1. The second-order valence-corrected chi connectivity index (χ2v) is 9.53. The lowest BCUT2D eigenvalue weighted by molar-refractivity contribution is -0.135. The molecule has 0 amide bonds. The van der Waals surface area contributed by atoms with E-state index in [0.717, 1.165) is 22.6 Å². The number of rotatable bonds is 9. The van der Waals surface area contributed by atoms with Crippen molar-refractivity contribution in [3.05, 3.63) is 47.0 Å². The van der Waals surface area contributed by atoms with Gasteiger partial charge in [0.2, 0.25) is 12.5 Å². The maximum absolute atomic E-state index is 12.7. The average molecular weight is 790 g/mol. The van der Waals surface area contributed by atoms with E-state index >= 15 is 0 Å². The third-order valence-electron chi connectivity index (χ3n) is 5.40. The second-order valence-electron chi connectivity index (χ2n) is 7.67. The van der Waals surface area contributed by atoms with Crippen molar-refractivity contribution in [2.45, 2.75) is 13.3 Å². The Morgan fingerprint density at radius 3 is 2.27 bits per heavy atom. The van der Waals surface area contributed by atoms with Crippen molar-refractivity contribution < 1.29 is 33.2 Å². The highest BCUT2D eigenvalue weighted by Crippen LogP contribution is 2.44. The van der Waals surface area contributed by atoms with Gasteiger partial charge in [-0.25, -0.2) is 4.79 Å². The summed E-state index contributed by atoms with van der Waals surface area (Å²) in [6.45, 7) is 2.56. The van der Waals surface area contributed by atoms with E-state index in [1.807, 2.05) is 43.3 Å². The van der Waals surface area contributed by atoms with Gasteiger partial charge >= 0.3 is 5.97 Å². The van der Waals surface area contributed by atoms with Gasteiger partial charge in [-0.2, -0.15) is 0 Å². The summed E-state index contributed by atoms with van der Waals surface area (Å²) in [6, 6.07) is 9.58. The number of hydrogen-bond donors (Lipinski definition) is 0. The maximum atomic E-state index is 12.7. The van der Waals surface area contributed by atoms with Crippen LogP contribution in [0, 0.1) is 5.41 Å². The fourth-order valence-corrected chi connectivity index (χ4v) is 4.87. The molecule has 0 aromatic heterocycles. The van der Waals surface area contributed by atoms with Crippen LogP contribution >= 0.6 is 67.8 Å². The third kappa shape index (κ3) is 5.57. The topological polar surface area (TPSA) is 72.5 Å². The smallest absolute Gasteiger partial charge is 0.334 e. The van der Waals surface area contributed by atoms with Gasteiger partial charge in [-0.1, -0.05) is 13.0 Å². The lowest BCUT2D eigenvalue weighted by Crippen LogP contribution is -2.22. The number of ether oxygens (including phenoxy) is 6. The minimum absolute atomic E-state index is 0.226. The van der Waals surface area contributed by atoms with Gasteiger partial charge in [0.25, 0.3) is 0 Å². The Balaban J connectivity index is 1.70. The molecule has 176 valence electrons. The number of esters is 1. The first-order chi connectivity index (χ1) is 16.0. The summed E-state index contributed by atoms with van der Waals surface area (Å²) in [6.07, 6.45) is 2.47. The molecule has 0 radical (unpaired) electrons. The Bertz CT molecular complexity index is 1050. The van der Waals surface area contributed by atoms with Gasteiger partial charge in [0.05, 0.1) is 0 Å². The lowest BCUT2D eigenvalue weighted by Gasteiger charge is -2.23. The van der Waals surface area contributed by atoms with Gasteiger partial charge in [-0.15, -0.1) is 0 Å². The molecule has 1 atom stereocenters. The Morgan fingerprint density at radius 2 is 1.61 bits per heavy atom. The van der Waals surface area contributed by atoms with Crippen LogP contribution in [0.15, 0.2) is 35.9 Å². The van der Waals surface area contributed by atoms with E-state index in [2.05, 4.69) is 67.8 Å². The average Bonchev–Trinajstić information content (AvgIpc) is 3.36. The van der Waals surface area contributed by atoms with Gasteiger partial charge in [-0.05, 0) is 116 Å². The third-order valence-corrected chi connectivity index (χ3v) is 6.33. The van der Waals surface area contributed by atoms with E-state index in [1.165, 1.54) is 0 Å². The number of halogens is 3. The predicted octanol–water partition coefficient (Wildman–Crippen LogP) is 5.92. The molecule has 0 bridgehead atoms. The predicted molar refractivity (Wildman–Crippen MR) is 148 cm³/mol. The van der Waals surface area contributed by atoms with Crippen LogP contribution in [0.3, 0.4) is 0 Å². The quantitative estimate of drug-likeness (QED) is 0.135. The van der Waals surface area contributed by atoms with Gasteiger partial charge in [0.15, 0.2) is 23.0 Å². The molecule has 0 saturated carbocycles. The Hall–Kier alpha value is -1.16. The minimum Gasteiger partial charge on any atom is -0.479 e. The molecule has 4 rings (SSSR count). The van der Waals surface area contributed by atoms with Crippen molar-refractivity contribution in [3.8, 4) is 28.7 Å². The van der Waals surface area contributed by atoms with Gasteiger partial charge in [0.1, 0.15) is 20.4 Å². The van der Waals surface area contributed by atoms with E-state index in [-0.39, 0.29) is 12.8 Å². The fourth-order valence-electron chi connectivity index (χ4n) is 3.88. The van der Waals surface area contributed by atoms with Crippen molar-refractivity contribution in [1.29, 1.82) is 0 Å². The summed E-state index contributed by atoms with van der Waals surface area (Å²) >= 11 is 6.40. The molecule has 2 aromatic carbocycles. The fraction of sp³-hybridized carbons (Fsp3) is 0.348. The van der Waals surface area contributed by atoms with Crippen molar-refractivity contribution in [2.24, 2.45) is 5.41 Å². The van der Waals surface area contributed by atoms with Gasteiger partial charge in [-0.3, -0.25) is 0 Å². The van der Waals surface area contributed by atoms with E-state index in [9.17, 15) is 4.79 Å². The van der Waals surface area contributed by atoms with E-state index in [1.54, 1.807) is 0 Å². The number of fused-ring (bicyclic) bond motifs is 1.